The number of halogens is 1. The highest BCUT2D eigenvalue weighted by Crippen LogP contribution is 2.28. The maximum absolute atomic E-state index is 12.5. The van der Waals surface area contributed by atoms with Crippen molar-refractivity contribution in [2.75, 3.05) is 39.5 Å². The van der Waals surface area contributed by atoms with Crippen LogP contribution >= 0.6 is 22.9 Å². The molecule has 0 aliphatic carbocycles. The van der Waals surface area contributed by atoms with Gasteiger partial charge in [-0.3, -0.25) is 19.2 Å². The largest absolute Gasteiger partial charge is 0.347 e. The second-order valence-corrected chi connectivity index (χ2v) is 9.84. The maximum atomic E-state index is 12.5. The SMILES string of the molecule is CN1CCc2sc(/C=C/C(=O)NC(CNC(=O)C(=O)Nc3ccc(Cl)cn3)C(=O)N(C)C)cc2C1. The number of carbonyl (C=O) groups excluding carboxylic acids is 4. The van der Waals surface area contributed by atoms with Crippen molar-refractivity contribution in [2.24, 2.45) is 0 Å². The van der Waals surface area contributed by atoms with Crippen molar-refractivity contribution >= 4 is 58.5 Å². The number of thiophene rings is 1. The van der Waals surface area contributed by atoms with E-state index in [9.17, 15) is 19.2 Å². The number of rotatable bonds is 7. The highest BCUT2D eigenvalue weighted by molar-refractivity contribution is 7.13. The van der Waals surface area contributed by atoms with Gasteiger partial charge in [-0.2, -0.15) is 0 Å². The number of carbonyl (C=O) groups is 4. The molecule has 10 nitrogen and oxygen atoms in total. The van der Waals surface area contributed by atoms with Crippen molar-refractivity contribution in [2.45, 2.75) is 19.0 Å². The summed E-state index contributed by atoms with van der Waals surface area (Å²) in [6.45, 7) is 1.62. The van der Waals surface area contributed by atoms with E-state index >= 15 is 0 Å². The molecule has 3 N–H and O–H groups in total. The summed E-state index contributed by atoms with van der Waals surface area (Å²) < 4.78 is 0. The first-order valence-electron chi connectivity index (χ1n) is 10.8. The van der Waals surface area contributed by atoms with Gasteiger partial charge in [0, 0.05) is 55.8 Å². The fourth-order valence-electron chi connectivity index (χ4n) is 3.37. The van der Waals surface area contributed by atoms with Gasteiger partial charge in [0.1, 0.15) is 11.9 Å². The van der Waals surface area contributed by atoms with E-state index < -0.39 is 29.7 Å². The van der Waals surface area contributed by atoms with E-state index in [1.807, 2.05) is 0 Å². The molecule has 0 saturated heterocycles. The summed E-state index contributed by atoms with van der Waals surface area (Å²) in [4.78, 5) is 59.0. The molecule has 1 aliphatic rings. The molecule has 3 rings (SSSR count). The van der Waals surface area contributed by atoms with E-state index in [4.69, 9.17) is 11.6 Å². The number of nitrogens with one attached hydrogen (secondary N) is 3. The molecule has 0 saturated carbocycles. The van der Waals surface area contributed by atoms with E-state index in [-0.39, 0.29) is 12.4 Å². The smallest absolute Gasteiger partial charge is 0.314 e. The lowest BCUT2D eigenvalue weighted by Gasteiger charge is -2.21. The highest BCUT2D eigenvalue weighted by Gasteiger charge is 2.24. The van der Waals surface area contributed by atoms with Crippen molar-refractivity contribution in [3.05, 3.63) is 50.8 Å². The molecule has 186 valence electrons. The third-order valence-electron chi connectivity index (χ3n) is 5.17. The van der Waals surface area contributed by atoms with Gasteiger partial charge in [0.2, 0.25) is 11.8 Å². The molecular weight excluding hydrogens is 492 g/mol. The molecule has 4 amide bonds. The number of amides is 4. The van der Waals surface area contributed by atoms with Crippen LogP contribution in [0.15, 0.2) is 30.5 Å². The molecule has 12 heteroatoms. The molecule has 1 atom stereocenters. The molecule has 0 fully saturated rings. The predicted molar refractivity (Wildman–Crippen MR) is 135 cm³/mol. The first kappa shape index (κ1) is 26.3. The van der Waals surface area contributed by atoms with Gasteiger partial charge in [0.25, 0.3) is 0 Å². The second kappa shape index (κ2) is 11.9. The number of anilines is 1. The van der Waals surface area contributed by atoms with Crippen LogP contribution in [0.4, 0.5) is 5.82 Å². The van der Waals surface area contributed by atoms with Crippen molar-refractivity contribution < 1.29 is 19.2 Å². The Balaban J connectivity index is 1.57. The van der Waals surface area contributed by atoms with Crippen molar-refractivity contribution in [3.8, 4) is 0 Å². The summed E-state index contributed by atoms with van der Waals surface area (Å²) in [7, 11) is 5.14. The molecule has 0 radical (unpaired) electrons. The highest BCUT2D eigenvalue weighted by atomic mass is 35.5. The van der Waals surface area contributed by atoms with Crippen LogP contribution in [0.2, 0.25) is 5.02 Å². The lowest BCUT2D eigenvalue weighted by atomic mass is 10.1. The van der Waals surface area contributed by atoms with E-state index in [1.54, 1.807) is 17.4 Å². The molecule has 0 spiro atoms. The third kappa shape index (κ3) is 7.61. The molecule has 35 heavy (non-hydrogen) atoms. The summed E-state index contributed by atoms with van der Waals surface area (Å²) in [6, 6.07) is 3.97. The Kier molecular flexibility index (Phi) is 8.96. The zero-order chi connectivity index (χ0) is 25.5. The monoisotopic (exact) mass is 518 g/mol. The predicted octanol–water partition coefficient (Wildman–Crippen LogP) is 1.13. The van der Waals surface area contributed by atoms with Crippen molar-refractivity contribution in [1.82, 2.24) is 25.4 Å². The van der Waals surface area contributed by atoms with Crippen LogP contribution in [0.1, 0.15) is 15.3 Å². The Morgan fingerprint density at radius 2 is 2.03 bits per heavy atom. The summed E-state index contributed by atoms with van der Waals surface area (Å²) in [5.41, 5.74) is 1.26. The van der Waals surface area contributed by atoms with Crippen molar-refractivity contribution in [1.29, 1.82) is 0 Å². The molecule has 0 bridgehead atoms. The van der Waals surface area contributed by atoms with Gasteiger partial charge in [-0.15, -0.1) is 11.3 Å². The number of aromatic nitrogens is 1. The van der Waals surface area contributed by atoms with Crippen LogP contribution in [0, 0.1) is 0 Å². The van der Waals surface area contributed by atoms with Crippen LogP contribution < -0.4 is 16.0 Å². The molecule has 0 aromatic carbocycles. The zero-order valence-corrected chi connectivity index (χ0v) is 21.2. The quantitative estimate of drug-likeness (QED) is 0.373. The maximum Gasteiger partial charge on any atom is 0.314 e. The topological polar surface area (TPSA) is 124 Å². The number of fused-ring (bicyclic) bond motifs is 1. The molecule has 3 heterocycles. The van der Waals surface area contributed by atoms with Gasteiger partial charge in [-0.25, -0.2) is 4.98 Å². The third-order valence-corrected chi connectivity index (χ3v) is 6.60. The molecule has 2 aromatic rings. The molecule has 1 aliphatic heterocycles. The first-order valence-corrected chi connectivity index (χ1v) is 12.0. The van der Waals surface area contributed by atoms with Gasteiger partial charge in [0.15, 0.2) is 0 Å². The number of pyridine rings is 1. The van der Waals surface area contributed by atoms with E-state index in [2.05, 4.69) is 38.9 Å². The fraction of sp³-hybridized carbons (Fsp3) is 0.348. The molecule has 2 aromatic heterocycles. The Labute approximate surface area is 212 Å². The van der Waals surface area contributed by atoms with Crippen LogP contribution in [0.25, 0.3) is 6.08 Å². The minimum absolute atomic E-state index is 0.149. The number of likely N-dealkylation sites (N-methyl/N-ethyl adjacent to an activating group) is 2. The summed E-state index contributed by atoms with van der Waals surface area (Å²) in [5, 5.41) is 7.68. The summed E-state index contributed by atoms with van der Waals surface area (Å²) in [5.74, 6) is -2.71. The molecular formula is C23H27ClN6O4S. The van der Waals surface area contributed by atoms with E-state index in [1.165, 1.54) is 53.8 Å². The Bertz CT molecular complexity index is 1130. The van der Waals surface area contributed by atoms with Crippen LogP contribution in [0.3, 0.4) is 0 Å². The average molecular weight is 519 g/mol. The zero-order valence-electron chi connectivity index (χ0n) is 19.6. The van der Waals surface area contributed by atoms with Gasteiger partial charge in [-0.1, -0.05) is 11.6 Å². The van der Waals surface area contributed by atoms with Gasteiger partial charge in [-0.05, 0) is 43.3 Å². The molecule has 1 unspecified atom stereocenters. The van der Waals surface area contributed by atoms with E-state index in [0.717, 1.165) is 24.4 Å². The normalized spacial score (nSPS) is 14.2. The summed E-state index contributed by atoms with van der Waals surface area (Å²) >= 11 is 7.39. The minimum atomic E-state index is -1.06. The second-order valence-electron chi connectivity index (χ2n) is 8.24. The summed E-state index contributed by atoms with van der Waals surface area (Å²) in [6.07, 6.45) is 5.38. The number of hydrogen-bond donors (Lipinski definition) is 3. The van der Waals surface area contributed by atoms with Crippen LogP contribution in [-0.4, -0.2) is 78.7 Å². The van der Waals surface area contributed by atoms with Crippen LogP contribution in [0.5, 0.6) is 0 Å². The van der Waals surface area contributed by atoms with Crippen molar-refractivity contribution in [3.63, 3.8) is 0 Å². The Morgan fingerprint density at radius 3 is 2.71 bits per heavy atom. The van der Waals surface area contributed by atoms with Gasteiger partial charge >= 0.3 is 11.8 Å². The first-order chi connectivity index (χ1) is 16.6. The van der Waals surface area contributed by atoms with E-state index in [0.29, 0.717) is 5.02 Å². The Hall–Kier alpha value is -3.28. The average Bonchev–Trinajstić information content (AvgIpc) is 3.23. The number of nitrogens with zero attached hydrogens (tertiary/aromatic N) is 3. The van der Waals surface area contributed by atoms with Gasteiger partial charge < -0.3 is 25.8 Å². The fourth-order valence-corrected chi connectivity index (χ4v) is 4.55. The number of hydrogen-bond acceptors (Lipinski definition) is 7. The minimum Gasteiger partial charge on any atom is -0.347 e. The Morgan fingerprint density at radius 1 is 1.26 bits per heavy atom. The van der Waals surface area contributed by atoms with Crippen LogP contribution in [-0.2, 0) is 32.1 Å². The standard InChI is InChI=1S/C23H27ClN6O4S/c1-29(2)23(34)17(12-26-21(32)22(33)28-19-6-4-15(24)11-25-19)27-20(31)7-5-16-10-14-13-30(3)9-8-18(14)35-16/h4-7,10-11,17H,8-9,12-13H2,1-3H3,(H,26,32)(H,27,31)(H,25,28,33)/b7-5+. The van der Waals surface area contributed by atoms with Gasteiger partial charge in [0.05, 0.1) is 5.02 Å². The lowest BCUT2D eigenvalue weighted by Crippen LogP contribution is -2.53. The lowest BCUT2D eigenvalue weighted by molar-refractivity contribution is -0.137.